The highest BCUT2D eigenvalue weighted by Gasteiger charge is 2.44. The number of carbonyl (C=O) groups is 1. The maximum Gasteiger partial charge on any atom is 0.220 e. The quantitative estimate of drug-likeness (QED) is 0.0261. The molecule has 1 heterocycles. The zero-order chi connectivity index (χ0) is 55.8. The molecule has 0 radical (unpaired) electrons. The van der Waals surface area contributed by atoms with Gasteiger partial charge in [0.2, 0.25) is 5.91 Å². The molecule has 6 N–H and O–H groups in total. The topological polar surface area (TPSA) is 149 Å². The molecule has 458 valence electrons. The van der Waals surface area contributed by atoms with E-state index >= 15 is 0 Å². The molecule has 0 aliphatic carbocycles. The van der Waals surface area contributed by atoms with E-state index in [2.05, 4.69) is 19.2 Å². The van der Waals surface area contributed by atoms with Gasteiger partial charge in [-0.25, -0.2) is 0 Å². The highest BCUT2D eigenvalue weighted by atomic mass is 16.7. The van der Waals surface area contributed by atoms with Crippen LogP contribution in [0.15, 0.2) is 12.2 Å². The van der Waals surface area contributed by atoms with Gasteiger partial charge in [-0.1, -0.05) is 347 Å². The third-order valence-electron chi connectivity index (χ3n) is 16.9. The Kier molecular flexibility index (Phi) is 55.8. The van der Waals surface area contributed by atoms with Crippen molar-refractivity contribution in [3.05, 3.63) is 12.2 Å². The number of amides is 1. The SMILES string of the molecule is CCCCCCCCCCCCCCCCCCCCCCCCC/C=C/C(O)C(COC1OC(CO)C(O)C(O)C1O)NC(=O)CCCCCCCCCCCCCCCCCCCCCCCCCCCCCCC. The standard InChI is InChI=1S/C68H133NO8/c1-3-5-7-9-11-13-15-17-19-21-23-25-27-29-30-31-32-34-36-38-40-42-44-46-48-50-52-54-56-58-64(72)69-61(60-76-68-67(75)66(74)65(73)63(59-70)77-68)62(71)57-55-53-51-49-47-45-43-41-39-37-35-33-28-26-24-22-20-18-16-14-12-10-8-6-4-2/h55,57,61-63,65-68,70-71,73-75H,3-54,56,58-60H2,1-2H3,(H,69,72)/b57-55+. The van der Waals surface area contributed by atoms with Crippen LogP contribution < -0.4 is 5.32 Å². The molecule has 0 saturated carbocycles. The zero-order valence-corrected chi connectivity index (χ0v) is 51.3. The van der Waals surface area contributed by atoms with Crippen molar-refractivity contribution in [2.75, 3.05) is 13.2 Å². The van der Waals surface area contributed by atoms with Crippen LogP contribution in [-0.2, 0) is 14.3 Å². The van der Waals surface area contributed by atoms with Crippen LogP contribution in [0.5, 0.6) is 0 Å². The lowest BCUT2D eigenvalue weighted by atomic mass is 9.99. The van der Waals surface area contributed by atoms with E-state index in [0.29, 0.717) is 6.42 Å². The number of allylic oxidation sites excluding steroid dienone is 1. The second-order valence-electron chi connectivity index (χ2n) is 24.3. The summed E-state index contributed by atoms with van der Waals surface area (Å²) in [5.41, 5.74) is 0. The molecule has 0 aromatic rings. The first-order valence-corrected chi connectivity index (χ1v) is 34.4. The van der Waals surface area contributed by atoms with Crippen molar-refractivity contribution in [2.24, 2.45) is 0 Å². The molecule has 1 saturated heterocycles. The van der Waals surface area contributed by atoms with Crippen LogP contribution in [0.1, 0.15) is 361 Å². The Morgan fingerprint density at radius 1 is 0.429 bits per heavy atom. The van der Waals surface area contributed by atoms with Crippen molar-refractivity contribution in [1.29, 1.82) is 0 Å². The Balaban J connectivity index is 2.12. The van der Waals surface area contributed by atoms with Gasteiger partial charge in [0.25, 0.3) is 0 Å². The molecular weight excluding hydrogens is 959 g/mol. The number of carbonyl (C=O) groups excluding carboxylic acids is 1. The van der Waals surface area contributed by atoms with Crippen LogP contribution in [0.25, 0.3) is 0 Å². The molecule has 1 rings (SSSR count). The molecule has 1 fully saturated rings. The molecule has 77 heavy (non-hydrogen) atoms. The van der Waals surface area contributed by atoms with E-state index in [-0.39, 0.29) is 12.5 Å². The van der Waals surface area contributed by atoms with Gasteiger partial charge in [0.1, 0.15) is 24.4 Å². The molecule has 7 atom stereocenters. The number of aliphatic hydroxyl groups is 5. The lowest BCUT2D eigenvalue weighted by Crippen LogP contribution is -2.60. The zero-order valence-electron chi connectivity index (χ0n) is 51.3. The lowest BCUT2D eigenvalue weighted by molar-refractivity contribution is -0.302. The minimum absolute atomic E-state index is 0.167. The summed E-state index contributed by atoms with van der Waals surface area (Å²) in [6, 6.07) is -0.802. The van der Waals surface area contributed by atoms with E-state index in [9.17, 15) is 30.3 Å². The van der Waals surface area contributed by atoms with Crippen molar-refractivity contribution in [1.82, 2.24) is 5.32 Å². The molecule has 1 aliphatic rings. The number of rotatable bonds is 61. The molecule has 0 spiro atoms. The van der Waals surface area contributed by atoms with Crippen LogP contribution in [-0.4, -0.2) is 87.5 Å². The van der Waals surface area contributed by atoms with Crippen molar-refractivity contribution in [2.45, 2.75) is 403 Å². The van der Waals surface area contributed by atoms with Gasteiger partial charge in [-0.15, -0.1) is 0 Å². The molecule has 9 heteroatoms. The van der Waals surface area contributed by atoms with Crippen LogP contribution in [0.3, 0.4) is 0 Å². The van der Waals surface area contributed by atoms with Crippen LogP contribution in [0.2, 0.25) is 0 Å². The maximum atomic E-state index is 13.1. The van der Waals surface area contributed by atoms with E-state index in [4.69, 9.17) is 9.47 Å². The molecule has 0 bridgehead atoms. The Bertz CT molecular complexity index is 1220. The Morgan fingerprint density at radius 2 is 0.714 bits per heavy atom. The Labute approximate surface area is 477 Å². The summed E-state index contributed by atoms with van der Waals surface area (Å²) in [5.74, 6) is -0.167. The largest absolute Gasteiger partial charge is 0.394 e. The summed E-state index contributed by atoms with van der Waals surface area (Å²) in [7, 11) is 0. The molecule has 1 aliphatic heterocycles. The second kappa shape index (κ2) is 58.1. The van der Waals surface area contributed by atoms with Gasteiger partial charge in [0.05, 0.1) is 25.4 Å². The van der Waals surface area contributed by atoms with Gasteiger partial charge in [0, 0.05) is 6.42 Å². The number of aliphatic hydroxyl groups excluding tert-OH is 5. The summed E-state index contributed by atoms with van der Waals surface area (Å²) in [6.45, 7) is 3.84. The van der Waals surface area contributed by atoms with Crippen LogP contribution in [0.4, 0.5) is 0 Å². The van der Waals surface area contributed by atoms with Crippen molar-refractivity contribution in [3.8, 4) is 0 Å². The average molecular weight is 1090 g/mol. The monoisotopic (exact) mass is 1090 g/mol. The predicted molar refractivity (Wildman–Crippen MR) is 327 cm³/mol. The predicted octanol–water partition coefficient (Wildman–Crippen LogP) is 18.3. The number of hydrogen-bond acceptors (Lipinski definition) is 8. The molecule has 7 unspecified atom stereocenters. The fraction of sp³-hybridized carbons (Fsp3) is 0.956. The van der Waals surface area contributed by atoms with Crippen LogP contribution in [0, 0.1) is 0 Å². The average Bonchev–Trinajstić information content (AvgIpc) is 3.43. The summed E-state index contributed by atoms with van der Waals surface area (Å²) in [5, 5.41) is 54.7. The van der Waals surface area contributed by atoms with E-state index in [1.807, 2.05) is 6.08 Å². The smallest absolute Gasteiger partial charge is 0.220 e. The lowest BCUT2D eigenvalue weighted by Gasteiger charge is -2.40. The first kappa shape index (κ1) is 73.9. The Hall–Kier alpha value is -1.07. The highest BCUT2D eigenvalue weighted by molar-refractivity contribution is 5.76. The fourth-order valence-corrected chi connectivity index (χ4v) is 11.5. The van der Waals surface area contributed by atoms with Gasteiger partial charge in [0.15, 0.2) is 6.29 Å². The van der Waals surface area contributed by atoms with Gasteiger partial charge in [-0.2, -0.15) is 0 Å². The van der Waals surface area contributed by atoms with Crippen molar-refractivity contribution < 1.29 is 39.8 Å². The minimum atomic E-state index is -1.56. The minimum Gasteiger partial charge on any atom is -0.394 e. The first-order chi connectivity index (χ1) is 37.8. The summed E-state index contributed by atoms with van der Waals surface area (Å²) in [4.78, 5) is 13.1. The van der Waals surface area contributed by atoms with Gasteiger partial charge in [-0.05, 0) is 19.3 Å². The van der Waals surface area contributed by atoms with Gasteiger partial charge >= 0.3 is 0 Å². The molecule has 0 aromatic heterocycles. The highest BCUT2D eigenvalue weighted by Crippen LogP contribution is 2.24. The van der Waals surface area contributed by atoms with Crippen LogP contribution >= 0.6 is 0 Å². The number of ether oxygens (including phenoxy) is 2. The first-order valence-electron chi connectivity index (χ1n) is 34.4. The number of unbranched alkanes of at least 4 members (excludes halogenated alkanes) is 51. The van der Waals surface area contributed by atoms with Gasteiger partial charge < -0.3 is 40.3 Å². The third-order valence-corrected chi connectivity index (χ3v) is 16.9. The normalized spacial score (nSPS) is 18.7. The summed E-state index contributed by atoms with van der Waals surface area (Å²) in [6.07, 6.45) is 67.4. The van der Waals surface area contributed by atoms with E-state index in [0.717, 1.165) is 38.5 Å². The molecule has 1 amide bonds. The maximum absolute atomic E-state index is 13.1. The van der Waals surface area contributed by atoms with Crippen molar-refractivity contribution in [3.63, 3.8) is 0 Å². The number of hydrogen-bond donors (Lipinski definition) is 6. The molecule has 0 aromatic carbocycles. The Morgan fingerprint density at radius 3 is 1.01 bits per heavy atom. The second-order valence-corrected chi connectivity index (χ2v) is 24.3. The van der Waals surface area contributed by atoms with E-state index in [1.54, 1.807) is 6.08 Å². The molecular formula is C68H133NO8. The fourth-order valence-electron chi connectivity index (χ4n) is 11.5. The number of nitrogens with one attached hydrogen (secondary N) is 1. The van der Waals surface area contributed by atoms with E-state index in [1.165, 1.54) is 302 Å². The van der Waals surface area contributed by atoms with Gasteiger partial charge in [-0.3, -0.25) is 4.79 Å². The molecule has 9 nitrogen and oxygen atoms in total. The van der Waals surface area contributed by atoms with Crippen molar-refractivity contribution >= 4 is 5.91 Å². The van der Waals surface area contributed by atoms with E-state index < -0.39 is 49.5 Å². The summed E-state index contributed by atoms with van der Waals surface area (Å²) < 4.78 is 11.3. The summed E-state index contributed by atoms with van der Waals surface area (Å²) >= 11 is 0. The third kappa shape index (κ3) is 47.2.